The van der Waals surface area contributed by atoms with Crippen LogP contribution in [-0.4, -0.2) is 9.55 Å². The summed E-state index contributed by atoms with van der Waals surface area (Å²) in [6, 6.07) is 2.69. The first-order valence-electron chi connectivity index (χ1n) is 3.98. The van der Waals surface area contributed by atoms with Crippen molar-refractivity contribution in [1.82, 2.24) is 9.55 Å². The van der Waals surface area contributed by atoms with E-state index >= 15 is 0 Å². The summed E-state index contributed by atoms with van der Waals surface area (Å²) in [5, 5.41) is 8.56. The molecule has 4 heteroatoms. The fourth-order valence-electron chi connectivity index (χ4n) is 1.49. The maximum Gasteiger partial charge on any atom is 0.141 e. The second kappa shape index (κ2) is 2.52. The largest absolute Gasteiger partial charge is 0.382 e. The van der Waals surface area contributed by atoms with Crippen LogP contribution in [0.2, 0.25) is 0 Å². The zero-order chi connectivity index (χ0) is 8.55. The average Bonchev–Trinajstić information content (AvgIpc) is 2.34. The molecule has 1 aliphatic carbocycles. The molecule has 4 nitrogen and oxygen atoms in total. The van der Waals surface area contributed by atoms with E-state index in [9.17, 15) is 0 Å². The van der Waals surface area contributed by atoms with Crippen molar-refractivity contribution in [3.63, 3.8) is 0 Å². The highest BCUT2D eigenvalue weighted by Gasteiger charge is 2.29. The monoisotopic (exact) mass is 162 g/mol. The number of hydrogen-bond acceptors (Lipinski definition) is 3. The number of rotatable bonds is 1. The van der Waals surface area contributed by atoms with Crippen molar-refractivity contribution in [2.45, 2.75) is 18.9 Å². The van der Waals surface area contributed by atoms with E-state index in [1.54, 1.807) is 6.33 Å². The van der Waals surface area contributed by atoms with E-state index in [0.29, 0.717) is 11.9 Å². The topological polar surface area (TPSA) is 67.6 Å². The van der Waals surface area contributed by atoms with Crippen LogP contribution >= 0.6 is 0 Å². The Bertz CT molecular complexity index is 316. The quantitative estimate of drug-likeness (QED) is 0.668. The molecule has 62 valence electrons. The minimum absolute atomic E-state index is 0.235. The van der Waals surface area contributed by atoms with Crippen LogP contribution in [-0.2, 0) is 0 Å². The Hall–Kier alpha value is -1.50. The Morgan fingerprint density at radius 1 is 1.67 bits per heavy atom. The van der Waals surface area contributed by atoms with Crippen molar-refractivity contribution in [3.8, 4) is 6.07 Å². The Morgan fingerprint density at radius 3 is 2.92 bits per heavy atom. The van der Waals surface area contributed by atoms with Gasteiger partial charge in [0.25, 0.3) is 0 Å². The molecule has 1 aromatic heterocycles. The lowest BCUT2D eigenvalue weighted by molar-refractivity contribution is 0.248. The second-order valence-electron chi connectivity index (χ2n) is 3.20. The molecule has 0 unspecified atom stereocenters. The van der Waals surface area contributed by atoms with Crippen LogP contribution in [0.15, 0.2) is 12.5 Å². The van der Waals surface area contributed by atoms with Gasteiger partial charge in [0.1, 0.15) is 5.82 Å². The second-order valence-corrected chi connectivity index (χ2v) is 3.20. The van der Waals surface area contributed by atoms with Gasteiger partial charge in [-0.25, -0.2) is 4.98 Å². The van der Waals surface area contributed by atoms with Gasteiger partial charge in [-0.05, 0) is 12.8 Å². The fourth-order valence-corrected chi connectivity index (χ4v) is 1.49. The van der Waals surface area contributed by atoms with Gasteiger partial charge < -0.3 is 10.3 Å². The van der Waals surface area contributed by atoms with Crippen molar-refractivity contribution in [2.24, 2.45) is 5.92 Å². The van der Waals surface area contributed by atoms with Gasteiger partial charge in [-0.1, -0.05) is 0 Å². The maximum absolute atomic E-state index is 8.56. The third-order valence-electron chi connectivity index (χ3n) is 2.34. The van der Waals surface area contributed by atoms with Crippen molar-refractivity contribution in [3.05, 3.63) is 12.5 Å². The zero-order valence-corrected chi connectivity index (χ0v) is 6.64. The minimum atomic E-state index is 0.235. The van der Waals surface area contributed by atoms with E-state index in [1.165, 1.54) is 0 Å². The molecule has 2 rings (SSSR count). The van der Waals surface area contributed by atoms with Crippen molar-refractivity contribution in [1.29, 1.82) is 5.26 Å². The minimum Gasteiger partial charge on any atom is -0.382 e. The summed E-state index contributed by atoms with van der Waals surface area (Å²) in [5.41, 5.74) is 5.47. The molecule has 1 aliphatic rings. The third-order valence-corrected chi connectivity index (χ3v) is 2.34. The van der Waals surface area contributed by atoms with E-state index in [-0.39, 0.29) is 5.92 Å². The Balaban J connectivity index is 2.02. The lowest BCUT2D eigenvalue weighted by Gasteiger charge is -2.31. The van der Waals surface area contributed by atoms with Gasteiger partial charge in [-0.15, -0.1) is 0 Å². The van der Waals surface area contributed by atoms with Gasteiger partial charge in [-0.3, -0.25) is 0 Å². The van der Waals surface area contributed by atoms with Crippen LogP contribution in [0, 0.1) is 17.2 Å². The Morgan fingerprint density at radius 2 is 2.42 bits per heavy atom. The number of nitrogen functional groups attached to an aromatic ring is 1. The molecule has 0 bridgehead atoms. The van der Waals surface area contributed by atoms with Crippen LogP contribution in [0.25, 0.3) is 0 Å². The first-order valence-corrected chi connectivity index (χ1v) is 3.98. The number of anilines is 1. The summed E-state index contributed by atoms with van der Waals surface area (Å²) in [6.07, 6.45) is 5.42. The molecule has 0 radical (unpaired) electrons. The standard InChI is InChI=1S/C8H10N4/c9-3-6-1-7(2-6)12-4-8(10)11-5-12/h4-7H,1-2,10H2. The molecule has 0 saturated heterocycles. The van der Waals surface area contributed by atoms with E-state index in [2.05, 4.69) is 11.1 Å². The van der Waals surface area contributed by atoms with Crippen LogP contribution in [0.4, 0.5) is 5.82 Å². The zero-order valence-electron chi connectivity index (χ0n) is 6.64. The van der Waals surface area contributed by atoms with Crippen molar-refractivity contribution >= 4 is 5.82 Å². The summed E-state index contributed by atoms with van der Waals surface area (Å²) in [4.78, 5) is 3.93. The lowest BCUT2D eigenvalue weighted by atomic mass is 9.81. The molecular formula is C8H10N4. The molecule has 0 aliphatic heterocycles. The highest BCUT2D eigenvalue weighted by atomic mass is 15.1. The molecule has 2 N–H and O–H groups in total. The SMILES string of the molecule is N#CC1CC(n2cnc(N)c2)C1. The molecule has 0 amide bonds. The maximum atomic E-state index is 8.56. The predicted octanol–water partition coefficient (Wildman–Crippen LogP) is 0.940. The number of nitrogens with two attached hydrogens (primary N) is 1. The van der Waals surface area contributed by atoms with Gasteiger partial charge in [0.15, 0.2) is 0 Å². The first kappa shape index (κ1) is 7.17. The number of hydrogen-bond donors (Lipinski definition) is 1. The number of imidazole rings is 1. The van der Waals surface area contributed by atoms with Gasteiger partial charge in [0.2, 0.25) is 0 Å². The van der Waals surface area contributed by atoms with Crippen molar-refractivity contribution in [2.75, 3.05) is 5.73 Å². The summed E-state index contributed by atoms with van der Waals surface area (Å²) in [7, 11) is 0. The summed E-state index contributed by atoms with van der Waals surface area (Å²) in [6.45, 7) is 0. The number of nitriles is 1. The molecule has 0 aromatic carbocycles. The normalized spacial score (nSPS) is 27.6. The van der Waals surface area contributed by atoms with Crippen LogP contribution in [0.5, 0.6) is 0 Å². The first-order chi connectivity index (χ1) is 5.79. The van der Waals surface area contributed by atoms with Gasteiger partial charge >= 0.3 is 0 Å². The van der Waals surface area contributed by atoms with Gasteiger partial charge in [0.05, 0.1) is 18.3 Å². The van der Waals surface area contributed by atoms with Crippen LogP contribution in [0.1, 0.15) is 18.9 Å². The molecule has 1 aromatic rings. The fraction of sp³-hybridized carbons (Fsp3) is 0.500. The van der Waals surface area contributed by atoms with E-state index in [4.69, 9.17) is 11.0 Å². The average molecular weight is 162 g/mol. The van der Waals surface area contributed by atoms with E-state index in [1.807, 2.05) is 10.8 Å². The highest BCUT2D eigenvalue weighted by molar-refractivity contribution is 5.23. The van der Waals surface area contributed by atoms with Gasteiger partial charge in [-0.2, -0.15) is 5.26 Å². The van der Waals surface area contributed by atoms with Crippen molar-refractivity contribution < 1.29 is 0 Å². The molecule has 0 atom stereocenters. The van der Waals surface area contributed by atoms with E-state index in [0.717, 1.165) is 12.8 Å². The summed E-state index contributed by atoms with van der Waals surface area (Å²) in [5.74, 6) is 0.786. The summed E-state index contributed by atoms with van der Waals surface area (Å²) >= 11 is 0. The molecule has 1 heterocycles. The van der Waals surface area contributed by atoms with Crippen LogP contribution < -0.4 is 5.73 Å². The molecule has 0 spiro atoms. The predicted molar refractivity (Wildman–Crippen MR) is 44.0 cm³/mol. The Kier molecular flexibility index (Phi) is 1.51. The lowest BCUT2D eigenvalue weighted by Crippen LogP contribution is -2.24. The number of aromatic nitrogens is 2. The molecule has 12 heavy (non-hydrogen) atoms. The highest BCUT2D eigenvalue weighted by Crippen LogP contribution is 2.37. The Labute approximate surface area is 70.6 Å². The third kappa shape index (κ3) is 1.03. The van der Waals surface area contributed by atoms with Crippen LogP contribution in [0.3, 0.4) is 0 Å². The summed E-state index contributed by atoms with van der Waals surface area (Å²) < 4.78 is 1.99. The smallest absolute Gasteiger partial charge is 0.141 e. The molecule has 1 saturated carbocycles. The van der Waals surface area contributed by atoms with Gasteiger partial charge in [0, 0.05) is 12.2 Å². The van der Waals surface area contributed by atoms with E-state index < -0.39 is 0 Å². The molecular weight excluding hydrogens is 152 g/mol. The number of nitrogens with zero attached hydrogens (tertiary/aromatic N) is 3. The molecule has 1 fully saturated rings.